The number of halogens is 2. The van der Waals surface area contributed by atoms with Gasteiger partial charge in [0.25, 0.3) is 0 Å². The summed E-state index contributed by atoms with van der Waals surface area (Å²) in [6.45, 7) is 0. The van der Waals surface area contributed by atoms with Gasteiger partial charge in [-0.25, -0.2) is 4.98 Å². The molecule has 1 heterocycles. The maximum absolute atomic E-state index is 5.99. The van der Waals surface area contributed by atoms with Crippen molar-refractivity contribution in [1.82, 2.24) is 4.98 Å². The minimum Gasteiger partial charge on any atom is -0.230 e. The molecule has 3 rings (SSSR count). The first-order valence-electron chi connectivity index (χ1n) is 5.64. The summed E-state index contributed by atoms with van der Waals surface area (Å²) in [7, 11) is 0. The molecule has 3 aromatic rings. The van der Waals surface area contributed by atoms with E-state index in [-0.39, 0.29) is 0 Å². The SMILES string of the molecule is Clc1cc(Cl)cc(CSc2nc3ccccc3s2)c1. The molecular formula is C14H9Cl2NS2. The molecule has 0 aliphatic rings. The zero-order chi connectivity index (χ0) is 13.2. The highest BCUT2D eigenvalue weighted by molar-refractivity contribution is 8.00. The fourth-order valence-electron chi connectivity index (χ4n) is 1.75. The number of hydrogen-bond acceptors (Lipinski definition) is 3. The monoisotopic (exact) mass is 325 g/mol. The van der Waals surface area contributed by atoms with Gasteiger partial charge in [0, 0.05) is 15.8 Å². The third kappa shape index (κ3) is 3.23. The van der Waals surface area contributed by atoms with Gasteiger partial charge in [0.2, 0.25) is 0 Å². The van der Waals surface area contributed by atoms with Gasteiger partial charge >= 0.3 is 0 Å². The molecule has 0 N–H and O–H groups in total. The van der Waals surface area contributed by atoms with Gasteiger partial charge in [0.05, 0.1) is 10.2 Å². The van der Waals surface area contributed by atoms with Crippen LogP contribution >= 0.6 is 46.3 Å². The van der Waals surface area contributed by atoms with E-state index in [1.165, 1.54) is 4.70 Å². The van der Waals surface area contributed by atoms with E-state index >= 15 is 0 Å². The lowest BCUT2D eigenvalue weighted by Gasteiger charge is -2.01. The fraction of sp³-hybridized carbons (Fsp3) is 0.0714. The Kier molecular flexibility index (Phi) is 3.99. The highest BCUT2D eigenvalue weighted by Crippen LogP contribution is 2.32. The summed E-state index contributed by atoms with van der Waals surface area (Å²) < 4.78 is 2.28. The molecule has 0 spiro atoms. The topological polar surface area (TPSA) is 12.9 Å². The molecule has 0 aliphatic carbocycles. The molecule has 2 aromatic carbocycles. The second kappa shape index (κ2) is 5.71. The van der Waals surface area contributed by atoms with Crippen molar-refractivity contribution in [1.29, 1.82) is 0 Å². The summed E-state index contributed by atoms with van der Waals surface area (Å²) in [4.78, 5) is 4.59. The third-order valence-electron chi connectivity index (χ3n) is 2.56. The minimum absolute atomic E-state index is 0.674. The van der Waals surface area contributed by atoms with Crippen molar-refractivity contribution < 1.29 is 0 Å². The molecule has 5 heteroatoms. The molecule has 0 unspecified atom stereocenters. The number of nitrogens with zero attached hydrogens (tertiary/aromatic N) is 1. The lowest BCUT2D eigenvalue weighted by molar-refractivity contribution is 1.29. The van der Waals surface area contributed by atoms with E-state index in [4.69, 9.17) is 23.2 Å². The van der Waals surface area contributed by atoms with Crippen LogP contribution in [0.15, 0.2) is 46.8 Å². The first kappa shape index (κ1) is 13.3. The molecule has 19 heavy (non-hydrogen) atoms. The Morgan fingerprint density at radius 1 is 1.05 bits per heavy atom. The molecule has 0 saturated heterocycles. The van der Waals surface area contributed by atoms with Gasteiger partial charge in [-0.15, -0.1) is 11.3 Å². The van der Waals surface area contributed by atoms with Crippen molar-refractivity contribution in [2.75, 3.05) is 0 Å². The van der Waals surface area contributed by atoms with Crippen molar-refractivity contribution in [2.45, 2.75) is 10.1 Å². The molecule has 0 radical (unpaired) electrons. The van der Waals surface area contributed by atoms with Crippen LogP contribution in [0.1, 0.15) is 5.56 Å². The zero-order valence-electron chi connectivity index (χ0n) is 9.77. The van der Waals surface area contributed by atoms with Crippen molar-refractivity contribution in [3.63, 3.8) is 0 Å². The number of aromatic nitrogens is 1. The Morgan fingerprint density at radius 2 is 1.79 bits per heavy atom. The van der Waals surface area contributed by atoms with Gasteiger partial charge in [-0.1, -0.05) is 47.1 Å². The average molecular weight is 326 g/mol. The molecule has 1 aromatic heterocycles. The van der Waals surface area contributed by atoms with Crippen molar-refractivity contribution in [3.8, 4) is 0 Å². The molecule has 96 valence electrons. The van der Waals surface area contributed by atoms with Gasteiger partial charge in [-0.3, -0.25) is 0 Å². The van der Waals surface area contributed by atoms with Gasteiger partial charge in [-0.05, 0) is 35.9 Å². The highest BCUT2D eigenvalue weighted by atomic mass is 35.5. The number of hydrogen-bond donors (Lipinski definition) is 0. The summed E-state index contributed by atoms with van der Waals surface area (Å²) >= 11 is 15.4. The van der Waals surface area contributed by atoms with Crippen LogP contribution < -0.4 is 0 Å². The number of thioether (sulfide) groups is 1. The molecule has 0 atom stereocenters. The lowest BCUT2D eigenvalue weighted by Crippen LogP contribution is -1.81. The molecule has 0 bridgehead atoms. The van der Waals surface area contributed by atoms with E-state index < -0.39 is 0 Å². The summed E-state index contributed by atoms with van der Waals surface area (Å²) in [5.41, 5.74) is 2.17. The van der Waals surface area contributed by atoms with Crippen molar-refractivity contribution in [2.24, 2.45) is 0 Å². The molecular weight excluding hydrogens is 317 g/mol. The van der Waals surface area contributed by atoms with Crippen LogP contribution in [0.4, 0.5) is 0 Å². The van der Waals surface area contributed by atoms with Crippen LogP contribution in [-0.4, -0.2) is 4.98 Å². The number of para-hydroxylation sites is 1. The zero-order valence-corrected chi connectivity index (χ0v) is 12.9. The Balaban J connectivity index is 1.78. The fourth-order valence-corrected chi connectivity index (χ4v) is 4.32. The van der Waals surface area contributed by atoms with Crippen LogP contribution in [0.2, 0.25) is 10.0 Å². The van der Waals surface area contributed by atoms with E-state index in [9.17, 15) is 0 Å². The van der Waals surface area contributed by atoms with E-state index in [0.717, 1.165) is 21.2 Å². The summed E-state index contributed by atoms with van der Waals surface area (Å²) in [6.07, 6.45) is 0. The smallest absolute Gasteiger partial charge is 0.151 e. The average Bonchev–Trinajstić information content (AvgIpc) is 2.78. The van der Waals surface area contributed by atoms with Crippen LogP contribution in [0.25, 0.3) is 10.2 Å². The van der Waals surface area contributed by atoms with Gasteiger partial charge in [0.1, 0.15) is 0 Å². The largest absolute Gasteiger partial charge is 0.230 e. The second-order valence-corrected chi connectivity index (χ2v) is 7.14. The van der Waals surface area contributed by atoms with Crippen LogP contribution in [0.3, 0.4) is 0 Å². The standard InChI is InChI=1S/C14H9Cl2NS2/c15-10-5-9(6-11(16)7-10)8-18-14-17-12-3-1-2-4-13(12)19-14/h1-7H,8H2. The third-order valence-corrected chi connectivity index (χ3v) is 5.25. The van der Waals surface area contributed by atoms with E-state index in [1.54, 1.807) is 29.2 Å². The van der Waals surface area contributed by atoms with E-state index in [1.807, 2.05) is 30.3 Å². The lowest BCUT2D eigenvalue weighted by atomic mass is 10.2. The maximum Gasteiger partial charge on any atom is 0.151 e. The first-order valence-corrected chi connectivity index (χ1v) is 8.20. The quantitative estimate of drug-likeness (QED) is 0.556. The first-order chi connectivity index (χ1) is 9.20. The maximum atomic E-state index is 5.99. The van der Waals surface area contributed by atoms with Gasteiger partial charge in [0.15, 0.2) is 4.34 Å². The number of benzene rings is 2. The Hall–Kier alpha value is -0.740. The van der Waals surface area contributed by atoms with Gasteiger partial charge < -0.3 is 0 Å². The Morgan fingerprint density at radius 3 is 2.53 bits per heavy atom. The summed E-state index contributed by atoms with van der Waals surface area (Å²) in [5.74, 6) is 0.820. The molecule has 0 saturated carbocycles. The van der Waals surface area contributed by atoms with Crippen LogP contribution in [0.5, 0.6) is 0 Å². The number of thiazole rings is 1. The van der Waals surface area contributed by atoms with Crippen molar-refractivity contribution >= 4 is 56.5 Å². The summed E-state index contributed by atoms with van der Waals surface area (Å²) in [6, 6.07) is 13.8. The molecule has 0 amide bonds. The van der Waals surface area contributed by atoms with Crippen molar-refractivity contribution in [3.05, 3.63) is 58.1 Å². The van der Waals surface area contributed by atoms with E-state index in [0.29, 0.717) is 10.0 Å². The molecule has 0 aliphatic heterocycles. The Labute approximate surface area is 129 Å². The normalized spacial score (nSPS) is 11.1. The summed E-state index contributed by atoms with van der Waals surface area (Å²) in [5, 5.41) is 1.35. The van der Waals surface area contributed by atoms with E-state index in [2.05, 4.69) is 11.1 Å². The minimum atomic E-state index is 0.674. The molecule has 1 nitrogen and oxygen atoms in total. The number of fused-ring (bicyclic) bond motifs is 1. The predicted molar refractivity (Wildman–Crippen MR) is 85.6 cm³/mol. The molecule has 0 fully saturated rings. The number of rotatable bonds is 3. The highest BCUT2D eigenvalue weighted by Gasteiger charge is 2.05. The van der Waals surface area contributed by atoms with Crippen LogP contribution in [-0.2, 0) is 5.75 Å². The van der Waals surface area contributed by atoms with Gasteiger partial charge in [-0.2, -0.15) is 0 Å². The predicted octanol–water partition coefficient (Wildman–Crippen LogP) is 5.90. The second-order valence-electron chi connectivity index (χ2n) is 4.01. The Bertz CT molecular complexity index is 671. The van der Waals surface area contributed by atoms with Crippen LogP contribution in [0, 0.1) is 0 Å².